The number of hydrogen-bond donors (Lipinski definition) is 4. The number of nitrogens with two attached hydrogens (primary N) is 1. The lowest BCUT2D eigenvalue weighted by Crippen LogP contribution is -2.36. The van der Waals surface area contributed by atoms with Crippen molar-refractivity contribution < 1.29 is 10.3 Å². The zero-order valence-corrected chi connectivity index (χ0v) is 11.3. The van der Waals surface area contributed by atoms with Crippen molar-refractivity contribution in [3.63, 3.8) is 0 Å². The van der Waals surface area contributed by atoms with Gasteiger partial charge in [0.25, 0.3) is 0 Å². The highest BCUT2D eigenvalue weighted by Crippen LogP contribution is 2.15. The van der Waals surface area contributed by atoms with E-state index in [2.05, 4.69) is 17.4 Å². The summed E-state index contributed by atoms with van der Waals surface area (Å²) in [7, 11) is 0. The molecule has 5 nitrogen and oxygen atoms in total. The maximum absolute atomic E-state index is 8.88. The fraction of sp³-hybridized carbons (Fsp3) is 0.500. The van der Waals surface area contributed by atoms with Gasteiger partial charge in [0, 0.05) is 19.2 Å². The van der Waals surface area contributed by atoms with Crippen LogP contribution in [-0.2, 0) is 0 Å². The van der Waals surface area contributed by atoms with Crippen LogP contribution in [0, 0.1) is 0 Å². The molecule has 5 N–H and O–H groups in total. The second-order valence-electron chi connectivity index (χ2n) is 4.66. The quantitative estimate of drug-likeness (QED) is 0.246. The van der Waals surface area contributed by atoms with Gasteiger partial charge in [0.1, 0.15) is 5.84 Å². The third-order valence-electron chi connectivity index (χ3n) is 3.14. The summed E-state index contributed by atoms with van der Waals surface area (Å²) in [5.41, 5.74) is 6.77. The van der Waals surface area contributed by atoms with Gasteiger partial charge in [-0.2, -0.15) is 0 Å². The Morgan fingerprint density at radius 3 is 2.63 bits per heavy atom. The minimum atomic E-state index is -0.150. The largest absolute Gasteiger partial charge is 0.409 e. The van der Waals surface area contributed by atoms with E-state index in [9.17, 15) is 0 Å². The number of oxime groups is 1. The third kappa shape index (κ3) is 5.28. The van der Waals surface area contributed by atoms with Crippen molar-refractivity contribution in [1.82, 2.24) is 5.32 Å². The van der Waals surface area contributed by atoms with E-state index in [1.165, 1.54) is 0 Å². The van der Waals surface area contributed by atoms with Crippen LogP contribution in [0.5, 0.6) is 0 Å². The Bertz CT molecular complexity index is 382. The molecule has 0 fully saturated rings. The summed E-state index contributed by atoms with van der Waals surface area (Å²) in [6, 6.07) is 10.0. The Labute approximate surface area is 114 Å². The first-order valence-corrected chi connectivity index (χ1v) is 6.55. The average molecular weight is 265 g/mol. The average Bonchev–Trinajstić information content (AvgIpc) is 2.46. The standard InChI is InChI=1S/C14H23N3O2/c1-11(6-5-9-18)16-10-13(14(15)17-19)12-7-3-2-4-8-12/h2-4,7-8,11,13,16,18-19H,5-6,9-10H2,1H3,(H2,15,17). The summed E-state index contributed by atoms with van der Waals surface area (Å²) in [4.78, 5) is 0. The molecule has 1 rings (SSSR count). The van der Waals surface area contributed by atoms with E-state index >= 15 is 0 Å². The van der Waals surface area contributed by atoms with Crippen molar-refractivity contribution in [3.8, 4) is 0 Å². The van der Waals surface area contributed by atoms with Crippen molar-refractivity contribution in [1.29, 1.82) is 0 Å². The smallest absolute Gasteiger partial charge is 0.147 e. The van der Waals surface area contributed by atoms with E-state index in [0.29, 0.717) is 6.54 Å². The molecule has 106 valence electrons. The van der Waals surface area contributed by atoms with Gasteiger partial charge >= 0.3 is 0 Å². The topological polar surface area (TPSA) is 90.9 Å². The first-order valence-electron chi connectivity index (χ1n) is 6.55. The van der Waals surface area contributed by atoms with Gasteiger partial charge in [-0.25, -0.2) is 0 Å². The Morgan fingerprint density at radius 1 is 1.37 bits per heavy atom. The highest BCUT2D eigenvalue weighted by atomic mass is 16.4. The van der Waals surface area contributed by atoms with E-state index in [-0.39, 0.29) is 24.4 Å². The summed E-state index contributed by atoms with van der Waals surface area (Å²) in [5.74, 6) is 0.0517. The predicted molar refractivity (Wildman–Crippen MR) is 76.4 cm³/mol. The van der Waals surface area contributed by atoms with Gasteiger partial charge in [-0.3, -0.25) is 0 Å². The molecule has 0 aromatic heterocycles. The lowest BCUT2D eigenvalue weighted by molar-refractivity contribution is 0.276. The number of nitrogens with one attached hydrogen (secondary N) is 1. The zero-order valence-electron chi connectivity index (χ0n) is 11.3. The first-order chi connectivity index (χ1) is 9.19. The Balaban J connectivity index is 2.62. The monoisotopic (exact) mass is 265 g/mol. The lowest BCUT2D eigenvalue weighted by Gasteiger charge is -2.20. The van der Waals surface area contributed by atoms with Crippen LogP contribution in [0.25, 0.3) is 0 Å². The van der Waals surface area contributed by atoms with Crippen molar-refractivity contribution >= 4 is 5.84 Å². The first kappa shape index (κ1) is 15.5. The SMILES string of the molecule is CC(CCCO)NCC(C(N)=NO)c1ccccc1. The molecule has 2 unspecified atom stereocenters. The van der Waals surface area contributed by atoms with E-state index in [1.54, 1.807) is 0 Å². The van der Waals surface area contributed by atoms with Gasteiger partial charge in [0.15, 0.2) is 0 Å². The molecule has 0 bridgehead atoms. The van der Waals surface area contributed by atoms with Crippen molar-refractivity contribution in [2.45, 2.75) is 31.7 Å². The molecular weight excluding hydrogens is 242 g/mol. The minimum Gasteiger partial charge on any atom is -0.409 e. The molecular formula is C14H23N3O2. The van der Waals surface area contributed by atoms with E-state index in [4.69, 9.17) is 16.0 Å². The van der Waals surface area contributed by atoms with Gasteiger partial charge in [-0.05, 0) is 25.3 Å². The highest BCUT2D eigenvalue weighted by molar-refractivity contribution is 5.87. The number of benzene rings is 1. The summed E-state index contributed by atoms with van der Waals surface area (Å²) < 4.78 is 0. The van der Waals surface area contributed by atoms with Gasteiger partial charge in [0.2, 0.25) is 0 Å². The molecule has 0 aliphatic carbocycles. The van der Waals surface area contributed by atoms with Gasteiger partial charge < -0.3 is 21.4 Å². The van der Waals surface area contributed by atoms with Crippen LogP contribution in [0.2, 0.25) is 0 Å². The van der Waals surface area contributed by atoms with E-state index < -0.39 is 0 Å². The van der Waals surface area contributed by atoms with Crippen LogP contribution in [0.1, 0.15) is 31.2 Å². The summed E-state index contributed by atoms with van der Waals surface area (Å²) in [6.45, 7) is 2.87. The number of nitrogens with zero attached hydrogens (tertiary/aromatic N) is 1. The van der Waals surface area contributed by atoms with Gasteiger partial charge in [-0.15, -0.1) is 0 Å². The summed E-state index contributed by atoms with van der Waals surface area (Å²) in [5, 5.41) is 24.1. The molecule has 0 radical (unpaired) electrons. The Kier molecular flexibility index (Phi) is 6.92. The van der Waals surface area contributed by atoms with Crippen molar-refractivity contribution in [3.05, 3.63) is 35.9 Å². The molecule has 0 aliphatic rings. The van der Waals surface area contributed by atoms with E-state index in [1.807, 2.05) is 30.3 Å². The maximum Gasteiger partial charge on any atom is 0.147 e. The van der Waals surface area contributed by atoms with Crippen LogP contribution in [0.4, 0.5) is 0 Å². The second-order valence-corrected chi connectivity index (χ2v) is 4.66. The lowest BCUT2D eigenvalue weighted by atomic mass is 9.97. The Morgan fingerprint density at radius 2 is 2.05 bits per heavy atom. The van der Waals surface area contributed by atoms with E-state index in [0.717, 1.165) is 18.4 Å². The molecule has 0 saturated carbocycles. The third-order valence-corrected chi connectivity index (χ3v) is 3.14. The molecule has 0 saturated heterocycles. The van der Waals surface area contributed by atoms with Crippen molar-refractivity contribution in [2.75, 3.05) is 13.2 Å². The van der Waals surface area contributed by atoms with Gasteiger partial charge in [-0.1, -0.05) is 35.5 Å². The number of aliphatic hydroxyl groups is 1. The van der Waals surface area contributed by atoms with Crippen molar-refractivity contribution in [2.24, 2.45) is 10.9 Å². The predicted octanol–water partition coefficient (Wildman–Crippen LogP) is 1.27. The number of aliphatic hydroxyl groups excluding tert-OH is 1. The number of hydrogen-bond acceptors (Lipinski definition) is 4. The van der Waals surface area contributed by atoms with Crippen LogP contribution in [-0.4, -0.2) is 35.3 Å². The number of amidine groups is 1. The normalized spacial score (nSPS) is 15.2. The molecule has 0 spiro atoms. The van der Waals surface area contributed by atoms with Crippen LogP contribution >= 0.6 is 0 Å². The molecule has 5 heteroatoms. The molecule has 1 aromatic carbocycles. The molecule has 0 heterocycles. The Hall–Kier alpha value is -1.59. The fourth-order valence-corrected chi connectivity index (χ4v) is 1.97. The molecule has 0 amide bonds. The van der Waals surface area contributed by atoms with Crippen LogP contribution in [0.3, 0.4) is 0 Å². The zero-order chi connectivity index (χ0) is 14.1. The minimum absolute atomic E-state index is 0.150. The molecule has 0 aliphatic heterocycles. The number of rotatable bonds is 8. The van der Waals surface area contributed by atoms with Gasteiger partial charge in [0.05, 0.1) is 5.92 Å². The summed E-state index contributed by atoms with van der Waals surface area (Å²) in [6.07, 6.45) is 1.67. The second kappa shape index (κ2) is 8.50. The fourth-order valence-electron chi connectivity index (χ4n) is 1.97. The molecule has 19 heavy (non-hydrogen) atoms. The molecule has 1 aromatic rings. The summed E-state index contributed by atoms with van der Waals surface area (Å²) >= 11 is 0. The van der Waals surface area contributed by atoms with Crippen LogP contribution < -0.4 is 11.1 Å². The highest BCUT2D eigenvalue weighted by Gasteiger charge is 2.17. The van der Waals surface area contributed by atoms with Crippen LogP contribution in [0.15, 0.2) is 35.5 Å². The molecule has 2 atom stereocenters. The maximum atomic E-state index is 8.88.